The molecule has 0 rings (SSSR count). The Balaban J connectivity index is 4.48. The molecule has 0 aliphatic rings. The highest BCUT2D eigenvalue weighted by Gasteiger charge is 2.30. The minimum Gasteiger partial charge on any atom is -0.341 e. The third-order valence-corrected chi connectivity index (χ3v) is 2.50. The van der Waals surface area contributed by atoms with E-state index in [1.54, 1.807) is 0 Å². The molecular formula is C12H26N2O. The molecule has 0 unspecified atom stereocenters. The lowest BCUT2D eigenvalue weighted by Crippen LogP contribution is -2.50. The molecule has 15 heavy (non-hydrogen) atoms. The van der Waals surface area contributed by atoms with Gasteiger partial charge < -0.3 is 10.6 Å². The van der Waals surface area contributed by atoms with Crippen molar-refractivity contribution in [3.05, 3.63) is 0 Å². The lowest BCUT2D eigenvalue weighted by atomic mass is 9.86. The Hall–Kier alpha value is -0.570. The molecule has 0 saturated heterocycles. The maximum Gasteiger partial charge on any atom is 0.240 e. The van der Waals surface area contributed by atoms with Crippen LogP contribution in [0.2, 0.25) is 0 Å². The first-order valence-corrected chi connectivity index (χ1v) is 5.89. The largest absolute Gasteiger partial charge is 0.341 e. The third-order valence-electron chi connectivity index (χ3n) is 2.50. The van der Waals surface area contributed by atoms with E-state index >= 15 is 0 Å². The van der Waals surface area contributed by atoms with Crippen molar-refractivity contribution < 1.29 is 4.79 Å². The van der Waals surface area contributed by atoms with Gasteiger partial charge in [0.25, 0.3) is 0 Å². The normalized spacial score (nSPS) is 13.7. The Morgan fingerprint density at radius 3 is 1.87 bits per heavy atom. The van der Waals surface area contributed by atoms with Crippen molar-refractivity contribution in [2.75, 3.05) is 13.1 Å². The second-order valence-electron chi connectivity index (χ2n) is 5.17. The number of nitrogens with two attached hydrogens (primary N) is 1. The molecule has 90 valence electrons. The molecule has 0 bridgehead atoms. The lowest BCUT2D eigenvalue weighted by Gasteiger charge is -2.31. The van der Waals surface area contributed by atoms with E-state index in [1.165, 1.54) is 0 Å². The van der Waals surface area contributed by atoms with E-state index < -0.39 is 6.04 Å². The number of carbonyl (C=O) groups excluding carboxylic acids is 1. The van der Waals surface area contributed by atoms with Gasteiger partial charge in [0, 0.05) is 13.1 Å². The summed E-state index contributed by atoms with van der Waals surface area (Å²) in [4.78, 5) is 14.0. The number of carbonyl (C=O) groups is 1. The first-order valence-electron chi connectivity index (χ1n) is 5.89. The Bertz CT molecular complexity index is 190. The maximum atomic E-state index is 12.1. The van der Waals surface area contributed by atoms with Gasteiger partial charge in [-0.2, -0.15) is 0 Å². The Kier molecular flexibility index (Phi) is 5.88. The summed E-state index contributed by atoms with van der Waals surface area (Å²) in [6.07, 6.45) is 1.98. The van der Waals surface area contributed by atoms with Crippen molar-refractivity contribution in [2.24, 2.45) is 11.1 Å². The minimum atomic E-state index is -0.393. The molecule has 0 aromatic rings. The van der Waals surface area contributed by atoms with Crippen LogP contribution in [0.25, 0.3) is 0 Å². The summed E-state index contributed by atoms with van der Waals surface area (Å²) in [6.45, 7) is 11.8. The van der Waals surface area contributed by atoms with Gasteiger partial charge in [0.05, 0.1) is 6.04 Å². The quantitative estimate of drug-likeness (QED) is 0.761. The van der Waals surface area contributed by atoms with Crippen LogP contribution in [0.15, 0.2) is 0 Å². The van der Waals surface area contributed by atoms with Gasteiger partial charge in [0.1, 0.15) is 0 Å². The van der Waals surface area contributed by atoms with Gasteiger partial charge in [-0.3, -0.25) is 4.79 Å². The molecule has 0 aliphatic heterocycles. The van der Waals surface area contributed by atoms with Gasteiger partial charge in [-0.15, -0.1) is 0 Å². The Morgan fingerprint density at radius 2 is 1.60 bits per heavy atom. The molecule has 0 radical (unpaired) electrons. The summed E-state index contributed by atoms with van der Waals surface area (Å²) in [5.41, 5.74) is 5.81. The van der Waals surface area contributed by atoms with Crippen molar-refractivity contribution in [3.8, 4) is 0 Å². The van der Waals surface area contributed by atoms with Crippen LogP contribution in [0.1, 0.15) is 47.5 Å². The molecule has 0 aliphatic carbocycles. The molecule has 0 aromatic heterocycles. The predicted octanol–water partition coefficient (Wildman–Crippen LogP) is 2.01. The monoisotopic (exact) mass is 214 g/mol. The van der Waals surface area contributed by atoms with Crippen LogP contribution >= 0.6 is 0 Å². The van der Waals surface area contributed by atoms with Crippen LogP contribution < -0.4 is 5.73 Å². The van der Waals surface area contributed by atoms with Crippen LogP contribution in [-0.4, -0.2) is 29.9 Å². The van der Waals surface area contributed by atoms with Gasteiger partial charge in [-0.05, 0) is 18.3 Å². The lowest BCUT2D eigenvalue weighted by molar-refractivity contribution is -0.135. The van der Waals surface area contributed by atoms with Gasteiger partial charge in [-0.1, -0.05) is 34.6 Å². The Labute approximate surface area is 94.0 Å². The summed E-state index contributed by atoms with van der Waals surface area (Å²) in [5.74, 6) is 0.0891. The summed E-state index contributed by atoms with van der Waals surface area (Å²) < 4.78 is 0. The third kappa shape index (κ3) is 4.65. The van der Waals surface area contributed by atoms with Gasteiger partial charge >= 0.3 is 0 Å². The fourth-order valence-electron chi connectivity index (χ4n) is 1.44. The first-order chi connectivity index (χ1) is 6.84. The van der Waals surface area contributed by atoms with E-state index in [0.29, 0.717) is 0 Å². The number of amides is 1. The number of rotatable bonds is 5. The highest BCUT2D eigenvalue weighted by atomic mass is 16.2. The zero-order chi connectivity index (χ0) is 12.1. The van der Waals surface area contributed by atoms with Crippen molar-refractivity contribution in [1.82, 2.24) is 4.90 Å². The number of hydrogen-bond donors (Lipinski definition) is 1. The fourth-order valence-corrected chi connectivity index (χ4v) is 1.44. The highest BCUT2D eigenvalue weighted by molar-refractivity contribution is 5.82. The van der Waals surface area contributed by atoms with Crippen LogP contribution in [0, 0.1) is 5.41 Å². The van der Waals surface area contributed by atoms with Crippen molar-refractivity contribution in [3.63, 3.8) is 0 Å². The summed E-state index contributed by atoms with van der Waals surface area (Å²) >= 11 is 0. The molecule has 0 spiro atoms. The summed E-state index contributed by atoms with van der Waals surface area (Å²) in [6, 6.07) is -0.393. The number of hydrogen-bond acceptors (Lipinski definition) is 2. The molecule has 3 nitrogen and oxygen atoms in total. The van der Waals surface area contributed by atoms with Gasteiger partial charge in [0.2, 0.25) is 5.91 Å². The average molecular weight is 214 g/mol. The van der Waals surface area contributed by atoms with Crippen molar-refractivity contribution in [1.29, 1.82) is 0 Å². The maximum absolute atomic E-state index is 12.1. The van der Waals surface area contributed by atoms with E-state index in [9.17, 15) is 4.79 Å². The molecule has 0 heterocycles. The van der Waals surface area contributed by atoms with Crippen molar-refractivity contribution >= 4 is 5.91 Å². The van der Waals surface area contributed by atoms with E-state index in [4.69, 9.17) is 5.73 Å². The fraction of sp³-hybridized carbons (Fsp3) is 0.917. The number of nitrogens with zero attached hydrogens (tertiary/aromatic N) is 1. The van der Waals surface area contributed by atoms with Crippen LogP contribution in [-0.2, 0) is 4.79 Å². The second kappa shape index (κ2) is 6.11. The highest BCUT2D eigenvalue weighted by Crippen LogP contribution is 2.19. The Morgan fingerprint density at radius 1 is 1.20 bits per heavy atom. The predicted molar refractivity (Wildman–Crippen MR) is 64.6 cm³/mol. The standard InChI is InChI=1S/C12H26N2O/c1-6-8-14(9-7-2)11(15)10(13)12(3,4)5/h10H,6-9,13H2,1-5H3/t10-/m1/s1. The zero-order valence-electron chi connectivity index (χ0n) is 10.8. The van der Waals surface area contributed by atoms with Crippen LogP contribution in [0.4, 0.5) is 0 Å². The van der Waals surface area contributed by atoms with E-state index in [1.807, 2.05) is 25.7 Å². The van der Waals surface area contributed by atoms with Gasteiger partial charge in [0.15, 0.2) is 0 Å². The van der Waals surface area contributed by atoms with Crippen LogP contribution in [0.3, 0.4) is 0 Å². The minimum absolute atomic E-state index is 0.0891. The van der Waals surface area contributed by atoms with Crippen molar-refractivity contribution in [2.45, 2.75) is 53.5 Å². The van der Waals surface area contributed by atoms with E-state index in [0.717, 1.165) is 25.9 Å². The molecule has 1 amide bonds. The first kappa shape index (κ1) is 14.4. The van der Waals surface area contributed by atoms with Gasteiger partial charge in [-0.25, -0.2) is 0 Å². The molecule has 0 saturated carbocycles. The topological polar surface area (TPSA) is 46.3 Å². The average Bonchev–Trinajstić information content (AvgIpc) is 2.14. The molecule has 1 atom stereocenters. The summed E-state index contributed by atoms with van der Waals surface area (Å²) in [5, 5.41) is 0. The van der Waals surface area contributed by atoms with E-state index in [-0.39, 0.29) is 11.3 Å². The van der Waals surface area contributed by atoms with Crippen LogP contribution in [0.5, 0.6) is 0 Å². The smallest absolute Gasteiger partial charge is 0.240 e. The molecule has 0 fully saturated rings. The van der Waals surface area contributed by atoms with E-state index in [2.05, 4.69) is 13.8 Å². The molecule has 0 aromatic carbocycles. The summed E-state index contributed by atoms with van der Waals surface area (Å²) in [7, 11) is 0. The molecule has 3 heteroatoms. The second-order valence-corrected chi connectivity index (χ2v) is 5.17. The molecule has 2 N–H and O–H groups in total. The molecular weight excluding hydrogens is 188 g/mol. The SMILES string of the molecule is CCCN(CCC)C(=O)[C@@H](N)C(C)(C)C. The zero-order valence-corrected chi connectivity index (χ0v) is 10.8.